The first kappa shape index (κ1) is 9.31. The van der Waals surface area contributed by atoms with Gasteiger partial charge in [-0.05, 0) is 31.1 Å². The minimum absolute atomic E-state index is 1.11. The van der Waals surface area contributed by atoms with Gasteiger partial charge in [-0.2, -0.15) is 0 Å². The molecule has 9 heavy (non-hydrogen) atoms. The van der Waals surface area contributed by atoms with Crippen LogP contribution in [-0.2, 0) is 0 Å². The number of nitrogens with one attached hydrogen (secondary N) is 1. The predicted octanol–water partition coefficient (Wildman–Crippen LogP) is 1.49. The third-order valence-electron chi connectivity index (χ3n) is 1.85. The molecule has 0 aliphatic heterocycles. The van der Waals surface area contributed by atoms with E-state index in [4.69, 9.17) is 0 Å². The Bertz CT molecular complexity index is 90.8. The van der Waals surface area contributed by atoms with Crippen LogP contribution in [0.1, 0.15) is 13.8 Å². The van der Waals surface area contributed by atoms with E-state index < -0.39 is 9.35 Å². The zero-order chi connectivity index (χ0) is 7.57. The van der Waals surface area contributed by atoms with E-state index in [1.807, 2.05) is 0 Å². The smallest absolute Gasteiger partial charge is 0.000127 e. The first-order valence-electron chi connectivity index (χ1n) is 3.65. The highest BCUT2D eigenvalue weighted by molar-refractivity contribution is 8.46. The zero-order valence-electron chi connectivity index (χ0n) is 7.36. The van der Waals surface area contributed by atoms with Crippen molar-refractivity contribution < 1.29 is 0 Å². The average molecular weight is 151 g/mol. The summed E-state index contributed by atoms with van der Waals surface area (Å²) in [4.78, 5) is 0. The van der Waals surface area contributed by atoms with Gasteiger partial charge in [0.05, 0.1) is 0 Å². The van der Waals surface area contributed by atoms with Gasteiger partial charge in [0.25, 0.3) is 0 Å². The number of hydrogen-bond donors (Lipinski definition) is 2. The molecule has 0 aliphatic rings. The van der Waals surface area contributed by atoms with Crippen molar-refractivity contribution in [2.45, 2.75) is 13.8 Å². The molecule has 0 heterocycles. The fourth-order valence-electron chi connectivity index (χ4n) is 0.698. The molecule has 60 valence electrons. The van der Waals surface area contributed by atoms with Crippen LogP contribution in [0.4, 0.5) is 0 Å². The second-order valence-corrected chi connectivity index (χ2v) is 11.1. The topological polar surface area (TPSA) is 12.0 Å². The molecule has 2 heteroatoms. The third kappa shape index (κ3) is 3.82. The maximum atomic E-state index is 3.58. The van der Waals surface area contributed by atoms with Gasteiger partial charge >= 0.3 is 0 Å². The summed E-state index contributed by atoms with van der Waals surface area (Å²) in [6.07, 6.45) is 7.11. The Hall–Kier alpha value is 0.310. The molecule has 0 unspecified atom stereocenters. The molecule has 1 N–H and O–H groups in total. The Morgan fingerprint density at radius 2 is 1.56 bits per heavy atom. The summed E-state index contributed by atoms with van der Waals surface area (Å²) < 4.78 is 3.58. The van der Waals surface area contributed by atoms with Crippen molar-refractivity contribution in [1.29, 1.82) is 0 Å². The van der Waals surface area contributed by atoms with Crippen LogP contribution in [0, 0.1) is 0 Å². The van der Waals surface area contributed by atoms with Gasteiger partial charge in [-0.3, -0.25) is 14.1 Å². The summed E-state index contributed by atoms with van der Waals surface area (Å²) in [7, 11) is -1.38. The SMILES string of the molecule is CCN[SH](C)(C)(C)CC. The number of thiol groups is 1. The van der Waals surface area contributed by atoms with Crippen molar-refractivity contribution >= 4 is 9.35 Å². The van der Waals surface area contributed by atoms with E-state index in [9.17, 15) is 0 Å². The van der Waals surface area contributed by atoms with Crippen LogP contribution in [0.2, 0.25) is 0 Å². The number of hydrogen-bond acceptors (Lipinski definition) is 1. The van der Waals surface area contributed by atoms with Crippen LogP contribution in [0.5, 0.6) is 0 Å². The molecule has 0 aliphatic carbocycles. The Morgan fingerprint density at radius 1 is 1.11 bits per heavy atom. The Labute approximate surface area is 59.6 Å². The molecule has 1 nitrogen and oxygen atoms in total. The molecule has 0 aromatic rings. The molecule has 0 spiro atoms. The van der Waals surface area contributed by atoms with Gasteiger partial charge in [-0.25, -0.2) is 0 Å². The quantitative estimate of drug-likeness (QED) is 0.582. The lowest BCUT2D eigenvalue weighted by atomic mass is 10.8. The van der Waals surface area contributed by atoms with Gasteiger partial charge in [0, 0.05) is 0 Å². The van der Waals surface area contributed by atoms with E-state index >= 15 is 0 Å². The molecule has 0 aromatic heterocycles. The Balaban J connectivity index is 3.95. The van der Waals surface area contributed by atoms with Gasteiger partial charge in [0.1, 0.15) is 0 Å². The first-order chi connectivity index (χ1) is 3.89. The molecule has 0 aromatic carbocycles. The standard InChI is InChI=1S/C7H21NS/c1-6-8-9(3,4,5)7-2/h8-9H,6-7H2,1-5H3. The van der Waals surface area contributed by atoms with E-state index in [-0.39, 0.29) is 0 Å². The van der Waals surface area contributed by atoms with Gasteiger partial charge in [-0.15, -0.1) is 0 Å². The largest absolute Gasteiger partial charge is 0.297 e. The highest BCUT2D eigenvalue weighted by atomic mass is 32.3. The van der Waals surface area contributed by atoms with E-state index in [2.05, 4.69) is 37.3 Å². The lowest BCUT2D eigenvalue weighted by Gasteiger charge is -2.52. The van der Waals surface area contributed by atoms with E-state index in [0.29, 0.717) is 0 Å². The molecule has 0 saturated carbocycles. The fourth-order valence-corrected chi connectivity index (χ4v) is 2.09. The van der Waals surface area contributed by atoms with Crippen molar-refractivity contribution in [3.8, 4) is 0 Å². The summed E-state index contributed by atoms with van der Waals surface area (Å²) >= 11 is 0. The Kier molecular flexibility index (Phi) is 2.59. The first-order valence-corrected chi connectivity index (χ1v) is 7.41. The van der Waals surface area contributed by atoms with E-state index in [1.54, 1.807) is 0 Å². The summed E-state index contributed by atoms with van der Waals surface area (Å²) in [6.45, 7) is 5.54. The van der Waals surface area contributed by atoms with Crippen molar-refractivity contribution in [3.05, 3.63) is 0 Å². The molecule has 0 fully saturated rings. The minimum Gasteiger partial charge on any atom is -0.297 e. The highest BCUT2D eigenvalue weighted by Crippen LogP contribution is 2.54. The molecule has 0 atom stereocenters. The lowest BCUT2D eigenvalue weighted by Crippen LogP contribution is -2.32. The van der Waals surface area contributed by atoms with Crippen LogP contribution in [0.15, 0.2) is 0 Å². The summed E-state index contributed by atoms with van der Waals surface area (Å²) in [6, 6.07) is 0. The fraction of sp³-hybridized carbons (Fsp3) is 1.00. The van der Waals surface area contributed by atoms with Gasteiger partial charge in [0.2, 0.25) is 0 Å². The molecule has 0 radical (unpaired) electrons. The predicted molar refractivity (Wildman–Crippen MR) is 51.0 cm³/mol. The highest BCUT2D eigenvalue weighted by Gasteiger charge is 2.19. The van der Waals surface area contributed by atoms with Crippen molar-refractivity contribution in [2.24, 2.45) is 0 Å². The maximum Gasteiger partial charge on any atom is -0.000127 e. The molecular weight excluding hydrogens is 130 g/mol. The molecular formula is C7H21NS. The lowest BCUT2D eigenvalue weighted by molar-refractivity contribution is 1.00. The maximum absolute atomic E-state index is 3.58. The van der Waals surface area contributed by atoms with Crippen LogP contribution >= 0.6 is 9.35 Å². The van der Waals surface area contributed by atoms with Crippen LogP contribution in [0.3, 0.4) is 0 Å². The molecule has 0 bridgehead atoms. The Morgan fingerprint density at radius 3 is 1.67 bits per heavy atom. The minimum atomic E-state index is -1.38. The molecule has 0 saturated heterocycles. The summed E-state index contributed by atoms with van der Waals surface area (Å²) in [5.41, 5.74) is 0. The monoisotopic (exact) mass is 151 g/mol. The van der Waals surface area contributed by atoms with Crippen molar-refractivity contribution in [1.82, 2.24) is 4.72 Å². The molecule has 0 rings (SSSR count). The average Bonchev–Trinajstić information content (AvgIpc) is 1.66. The number of rotatable bonds is 3. The van der Waals surface area contributed by atoms with E-state index in [1.165, 1.54) is 5.75 Å². The molecule has 0 amide bonds. The van der Waals surface area contributed by atoms with Crippen LogP contribution in [-0.4, -0.2) is 31.1 Å². The summed E-state index contributed by atoms with van der Waals surface area (Å²) in [5, 5.41) is 0. The van der Waals surface area contributed by atoms with Crippen molar-refractivity contribution in [3.63, 3.8) is 0 Å². The normalized spacial score (nSPS) is 16.8. The van der Waals surface area contributed by atoms with Crippen molar-refractivity contribution in [2.75, 3.05) is 31.1 Å². The van der Waals surface area contributed by atoms with Gasteiger partial charge in [-0.1, -0.05) is 13.8 Å². The third-order valence-corrected chi connectivity index (χ3v) is 5.55. The van der Waals surface area contributed by atoms with Gasteiger partial charge < -0.3 is 0 Å². The van der Waals surface area contributed by atoms with E-state index in [0.717, 1.165) is 6.54 Å². The van der Waals surface area contributed by atoms with Crippen LogP contribution in [0.25, 0.3) is 0 Å². The summed E-state index contributed by atoms with van der Waals surface area (Å²) in [5.74, 6) is 1.29. The zero-order valence-corrected chi connectivity index (χ0v) is 8.26. The second kappa shape index (κ2) is 2.51. The van der Waals surface area contributed by atoms with Gasteiger partial charge in [0.15, 0.2) is 0 Å². The van der Waals surface area contributed by atoms with Crippen LogP contribution < -0.4 is 4.72 Å². The second-order valence-electron chi connectivity index (χ2n) is 3.95.